The van der Waals surface area contributed by atoms with E-state index in [1.54, 1.807) is 24.3 Å². The van der Waals surface area contributed by atoms with Gasteiger partial charge in [0.05, 0.1) is 18.1 Å². The first-order valence-corrected chi connectivity index (χ1v) is 10.1. The number of aryl methyl sites for hydroxylation is 1. The Morgan fingerprint density at radius 1 is 1.10 bits per heavy atom. The van der Waals surface area contributed by atoms with Gasteiger partial charge in [0, 0.05) is 0 Å². The van der Waals surface area contributed by atoms with Crippen LogP contribution < -0.4 is 9.47 Å². The minimum absolute atomic E-state index is 0.265. The van der Waals surface area contributed by atoms with Crippen LogP contribution in [-0.4, -0.2) is 29.3 Å². The Hall–Kier alpha value is -2.99. The third-order valence-corrected chi connectivity index (χ3v) is 5.13. The maximum Gasteiger partial charge on any atom is 0.293 e. The molecule has 0 atom stereocenters. The number of hydrogen-bond donors (Lipinski definition) is 0. The minimum atomic E-state index is -0.286. The molecule has 0 spiro atoms. The second-order valence-corrected chi connectivity index (χ2v) is 7.49. The minimum Gasteiger partial charge on any atom is -0.490 e. The number of amides is 2. The van der Waals surface area contributed by atoms with Crippen molar-refractivity contribution in [2.45, 2.75) is 20.4 Å². The van der Waals surface area contributed by atoms with Crippen molar-refractivity contribution in [1.29, 1.82) is 0 Å². The van der Waals surface area contributed by atoms with Crippen LogP contribution in [0.25, 0.3) is 6.08 Å². The maximum absolute atomic E-state index is 12.8. The van der Waals surface area contributed by atoms with Crippen LogP contribution in [0.5, 0.6) is 11.5 Å². The second-order valence-electron chi connectivity index (χ2n) is 6.50. The molecule has 3 rings (SSSR count). The summed E-state index contributed by atoms with van der Waals surface area (Å²) in [5.41, 5.74) is 2.78. The van der Waals surface area contributed by atoms with Crippen LogP contribution in [-0.2, 0) is 11.3 Å². The van der Waals surface area contributed by atoms with Gasteiger partial charge in [0.15, 0.2) is 11.5 Å². The van der Waals surface area contributed by atoms with Crippen LogP contribution in [0.2, 0.25) is 0 Å². The maximum atomic E-state index is 12.8. The summed E-state index contributed by atoms with van der Waals surface area (Å²) in [6.07, 6.45) is 3.37. The molecule has 6 heteroatoms. The number of thioether (sulfide) groups is 1. The van der Waals surface area contributed by atoms with E-state index in [0.717, 1.165) is 28.5 Å². The molecule has 150 valence electrons. The Morgan fingerprint density at radius 3 is 2.66 bits per heavy atom. The number of nitrogens with zero attached hydrogens (tertiary/aromatic N) is 1. The van der Waals surface area contributed by atoms with Crippen molar-refractivity contribution in [3.8, 4) is 11.5 Å². The van der Waals surface area contributed by atoms with Crippen molar-refractivity contribution in [2.24, 2.45) is 0 Å². The molecule has 2 aromatic rings. The lowest BCUT2D eigenvalue weighted by atomic mass is 10.1. The fraction of sp³-hybridized carbons (Fsp3) is 0.217. The molecule has 2 aromatic carbocycles. The van der Waals surface area contributed by atoms with Crippen molar-refractivity contribution in [3.63, 3.8) is 0 Å². The lowest BCUT2D eigenvalue weighted by molar-refractivity contribution is -0.123. The highest BCUT2D eigenvalue weighted by Crippen LogP contribution is 2.35. The predicted molar refractivity (Wildman–Crippen MR) is 116 cm³/mol. The number of hydrogen-bond acceptors (Lipinski definition) is 5. The summed E-state index contributed by atoms with van der Waals surface area (Å²) in [7, 11) is 0. The van der Waals surface area contributed by atoms with E-state index in [-0.39, 0.29) is 17.7 Å². The number of imide groups is 1. The summed E-state index contributed by atoms with van der Waals surface area (Å²) in [6, 6.07) is 13.2. The van der Waals surface area contributed by atoms with Crippen molar-refractivity contribution >= 4 is 29.0 Å². The summed E-state index contributed by atoms with van der Waals surface area (Å²) >= 11 is 0.951. The summed E-state index contributed by atoms with van der Waals surface area (Å²) < 4.78 is 11.2. The van der Waals surface area contributed by atoms with Crippen LogP contribution in [0, 0.1) is 6.92 Å². The highest BCUT2D eigenvalue weighted by atomic mass is 32.2. The zero-order valence-corrected chi connectivity index (χ0v) is 17.3. The van der Waals surface area contributed by atoms with Gasteiger partial charge in [0.25, 0.3) is 11.1 Å². The van der Waals surface area contributed by atoms with Gasteiger partial charge in [0.1, 0.15) is 6.61 Å². The molecule has 0 saturated carbocycles. The molecule has 1 heterocycles. The molecule has 1 saturated heterocycles. The summed E-state index contributed by atoms with van der Waals surface area (Å²) in [4.78, 5) is 26.8. The van der Waals surface area contributed by atoms with Gasteiger partial charge < -0.3 is 9.47 Å². The van der Waals surface area contributed by atoms with Crippen LogP contribution in [0.1, 0.15) is 23.6 Å². The van der Waals surface area contributed by atoms with E-state index < -0.39 is 0 Å². The highest BCUT2D eigenvalue weighted by molar-refractivity contribution is 8.18. The first-order valence-electron chi connectivity index (χ1n) is 9.33. The van der Waals surface area contributed by atoms with E-state index in [1.807, 2.05) is 44.2 Å². The van der Waals surface area contributed by atoms with Gasteiger partial charge in [-0.1, -0.05) is 48.6 Å². The van der Waals surface area contributed by atoms with E-state index in [2.05, 4.69) is 6.58 Å². The third kappa shape index (κ3) is 5.09. The summed E-state index contributed by atoms with van der Waals surface area (Å²) in [6.45, 7) is 8.64. The topological polar surface area (TPSA) is 55.8 Å². The summed E-state index contributed by atoms with van der Waals surface area (Å²) in [5, 5.41) is -0.265. The van der Waals surface area contributed by atoms with Crippen molar-refractivity contribution in [2.75, 3.05) is 13.2 Å². The molecule has 0 aromatic heterocycles. The molecule has 2 amide bonds. The Labute approximate surface area is 175 Å². The van der Waals surface area contributed by atoms with Gasteiger partial charge in [-0.15, -0.1) is 0 Å². The predicted octanol–water partition coefficient (Wildman–Crippen LogP) is 5.20. The third-order valence-electron chi connectivity index (χ3n) is 4.22. The number of carbonyl (C=O) groups excluding carboxylic acids is 2. The van der Waals surface area contributed by atoms with Crippen LogP contribution in [0.15, 0.2) is 60.0 Å². The average molecular weight is 410 g/mol. The van der Waals surface area contributed by atoms with Crippen molar-refractivity contribution < 1.29 is 19.1 Å². The fourth-order valence-electron chi connectivity index (χ4n) is 2.93. The summed E-state index contributed by atoms with van der Waals surface area (Å²) in [5.74, 6) is 0.907. The second kappa shape index (κ2) is 9.47. The molecule has 0 aliphatic carbocycles. The number of carbonyl (C=O) groups is 2. The normalized spacial score (nSPS) is 15.1. The first-order chi connectivity index (χ1) is 14.0. The van der Waals surface area contributed by atoms with Gasteiger partial charge in [-0.2, -0.15) is 0 Å². The van der Waals surface area contributed by atoms with Gasteiger partial charge >= 0.3 is 0 Å². The van der Waals surface area contributed by atoms with Gasteiger partial charge in [-0.3, -0.25) is 14.5 Å². The van der Waals surface area contributed by atoms with Crippen molar-refractivity contribution in [3.05, 3.63) is 76.7 Å². The molecule has 5 nitrogen and oxygen atoms in total. The smallest absolute Gasteiger partial charge is 0.293 e. The largest absolute Gasteiger partial charge is 0.490 e. The molecule has 1 aliphatic heterocycles. The zero-order chi connectivity index (χ0) is 20.8. The van der Waals surface area contributed by atoms with E-state index in [9.17, 15) is 9.59 Å². The fourth-order valence-corrected chi connectivity index (χ4v) is 3.77. The van der Waals surface area contributed by atoms with Crippen LogP contribution in [0.4, 0.5) is 4.79 Å². The molecule has 0 N–H and O–H groups in total. The lowest BCUT2D eigenvalue weighted by Gasteiger charge is -2.13. The molecule has 1 aliphatic rings. The highest BCUT2D eigenvalue weighted by Gasteiger charge is 2.35. The average Bonchev–Trinajstić information content (AvgIpc) is 2.95. The molecule has 0 bridgehead atoms. The standard InChI is InChI=1S/C23H23NO4S/c1-4-11-28-19-10-9-17(13-20(19)27-5-2)14-21-22(25)24(23(26)29-21)15-18-8-6-7-16(3)12-18/h4,6-10,12-14H,1,5,11,15H2,2-3H3/b21-14+. The van der Waals surface area contributed by atoms with Gasteiger partial charge in [0.2, 0.25) is 0 Å². The Balaban J connectivity index is 1.81. The Bertz CT molecular complexity index is 967. The molecule has 0 radical (unpaired) electrons. The zero-order valence-electron chi connectivity index (χ0n) is 16.5. The lowest BCUT2D eigenvalue weighted by Crippen LogP contribution is -2.27. The van der Waals surface area contributed by atoms with E-state index in [0.29, 0.717) is 29.6 Å². The van der Waals surface area contributed by atoms with E-state index in [4.69, 9.17) is 9.47 Å². The molecular formula is C23H23NO4S. The Kier molecular flexibility index (Phi) is 6.77. The van der Waals surface area contributed by atoms with Crippen LogP contribution >= 0.6 is 11.8 Å². The van der Waals surface area contributed by atoms with E-state index >= 15 is 0 Å². The van der Waals surface area contributed by atoms with Gasteiger partial charge in [-0.25, -0.2) is 0 Å². The molecule has 0 unspecified atom stereocenters. The molecular weight excluding hydrogens is 386 g/mol. The first kappa shape index (κ1) is 20.7. The van der Waals surface area contributed by atoms with Gasteiger partial charge in [-0.05, 0) is 54.9 Å². The Morgan fingerprint density at radius 2 is 1.93 bits per heavy atom. The SMILES string of the molecule is C=CCOc1ccc(/C=C2/SC(=O)N(Cc3cccc(C)c3)C2=O)cc1OCC. The van der Waals surface area contributed by atoms with Crippen LogP contribution in [0.3, 0.4) is 0 Å². The van der Waals surface area contributed by atoms with Crippen molar-refractivity contribution in [1.82, 2.24) is 4.90 Å². The molecule has 1 fully saturated rings. The number of ether oxygens (including phenoxy) is 2. The monoisotopic (exact) mass is 409 g/mol. The quantitative estimate of drug-likeness (QED) is 0.443. The number of benzene rings is 2. The van der Waals surface area contributed by atoms with E-state index in [1.165, 1.54) is 4.90 Å². The number of rotatable bonds is 8. The molecule has 29 heavy (non-hydrogen) atoms.